The van der Waals surface area contributed by atoms with Gasteiger partial charge in [0.05, 0.1) is 24.0 Å². The van der Waals surface area contributed by atoms with Gasteiger partial charge in [0.25, 0.3) is 5.56 Å². The molecule has 0 saturated heterocycles. The maximum atomic E-state index is 11.8. The highest BCUT2D eigenvalue weighted by molar-refractivity contribution is 5.88. The molecule has 0 bridgehead atoms. The first-order valence-corrected chi connectivity index (χ1v) is 11.9. The predicted octanol–water partition coefficient (Wildman–Crippen LogP) is 1.69. The molecule has 2 aromatic heterocycles. The lowest BCUT2D eigenvalue weighted by molar-refractivity contribution is -0.140. The van der Waals surface area contributed by atoms with E-state index in [1.165, 1.54) is 18.3 Å². The van der Waals surface area contributed by atoms with Crippen molar-refractivity contribution in [3.8, 4) is 0 Å². The monoisotopic (exact) mass is 529 g/mol. The van der Waals surface area contributed by atoms with E-state index in [0.29, 0.717) is 18.8 Å². The highest BCUT2D eigenvalue weighted by atomic mass is 16.4. The molecule has 1 unspecified atom stereocenters. The summed E-state index contributed by atoms with van der Waals surface area (Å²) in [6, 6.07) is 5.54. The number of hydrogen-bond acceptors (Lipinski definition) is 10. The third-order valence-electron chi connectivity index (χ3n) is 5.21. The Morgan fingerprint density at radius 1 is 1.08 bits per heavy atom. The number of anilines is 2. The lowest BCUT2D eigenvalue weighted by Crippen LogP contribution is -2.37. The molecule has 0 spiro atoms. The fourth-order valence-corrected chi connectivity index (χ4v) is 3.21. The van der Waals surface area contributed by atoms with Crippen LogP contribution in [0.15, 0.2) is 35.3 Å². The van der Waals surface area contributed by atoms with E-state index >= 15 is 0 Å². The van der Waals surface area contributed by atoms with Crippen LogP contribution in [0.1, 0.15) is 55.1 Å². The van der Waals surface area contributed by atoms with Gasteiger partial charge in [-0.1, -0.05) is 19.8 Å². The highest BCUT2D eigenvalue weighted by Crippen LogP contribution is 2.11. The maximum Gasteiger partial charge on any atom is 0.335 e. The van der Waals surface area contributed by atoms with Crippen molar-refractivity contribution in [2.24, 2.45) is 0 Å². The van der Waals surface area contributed by atoms with Gasteiger partial charge in [0, 0.05) is 12.1 Å². The fraction of sp³-hybridized carbons (Fsp3) is 0.375. The first-order chi connectivity index (χ1) is 18.1. The van der Waals surface area contributed by atoms with Gasteiger partial charge < -0.3 is 31.7 Å². The van der Waals surface area contributed by atoms with E-state index in [9.17, 15) is 19.2 Å². The van der Waals surface area contributed by atoms with Crippen molar-refractivity contribution in [3.05, 3.63) is 52.1 Å². The van der Waals surface area contributed by atoms with Gasteiger partial charge >= 0.3 is 17.9 Å². The Balaban J connectivity index is 0.000000296. The number of carbonyl (C=O) groups is 3. The summed E-state index contributed by atoms with van der Waals surface area (Å²) < 4.78 is 0. The first kappa shape index (κ1) is 29.6. The molecule has 2 heterocycles. The number of unbranched alkanes of at least 4 members (excludes halogenated alkanes) is 2. The molecule has 0 amide bonds. The van der Waals surface area contributed by atoms with E-state index in [1.54, 1.807) is 12.1 Å². The molecule has 14 heteroatoms. The Hall–Kier alpha value is -4.59. The Morgan fingerprint density at radius 3 is 2.39 bits per heavy atom. The molecule has 0 aliphatic heterocycles. The molecule has 1 atom stereocenters. The molecule has 0 aliphatic carbocycles. The second-order valence-electron chi connectivity index (χ2n) is 8.21. The summed E-state index contributed by atoms with van der Waals surface area (Å²) in [5.74, 6) is -2.94. The summed E-state index contributed by atoms with van der Waals surface area (Å²) >= 11 is 0. The third-order valence-corrected chi connectivity index (χ3v) is 5.21. The van der Waals surface area contributed by atoms with Crippen LogP contribution in [0, 0.1) is 0 Å². The number of nitrogens with two attached hydrogens (primary N) is 1. The molecular weight excluding hydrogens is 498 g/mol. The first-order valence-electron chi connectivity index (χ1n) is 11.9. The van der Waals surface area contributed by atoms with Crippen LogP contribution in [0.5, 0.6) is 0 Å². The third kappa shape index (κ3) is 9.81. The number of aromatic amines is 1. The predicted molar refractivity (Wildman–Crippen MR) is 139 cm³/mol. The minimum atomic E-state index is -0.983. The molecule has 8 N–H and O–H groups in total. The molecular formula is C24H31N7O7. The number of aromatic nitrogens is 4. The van der Waals surface area contributed by atoms with Gasteiger partial charge in [-0.25, -0.2) is 14.8 Å². The molecule has 0 radical (unpaired) electrons. The van der Waals surface area contributed by atoms with Crippen LogP contribution in [-0.2, 0) is 16.1 Å². The van der Waals surface area contributed by atoms with Crippen molar-refractivity contribution in [1.29, 1.82) is 0 Å². The zero-order valence-electron chi connectivity index (χ0n) is 20.8. The van der Waals surface area contributed by atoms with Crippen LogP contribution in [-0.4, -0.2) is 65.8 Å². The molecule has 0 fully saturated rings. The summed E-state index contributed by atoms with van der Waals surface area (Å²) in [6.45, 7) is 3.02. The summed E-state index contributed by atoms with van der Waals surface area (Å²) in [6.07, 6.45) is 4.57. The van der Waals surface area contributed by atoms with Gasteiger partial charge in [-0.15, -0.1) is 0 Å². The Morgan fingerprint density at radius 2 is 1.79 bits per heavy atom. The van der Waals surface area contributed by atoms with Crippen LogP contribution in [0.2, 0.25) is 0 Å². The van der Waals surface area contributed by atoms with Gasteiger partial charge in [0.2, 0.25) is 5.95 Å². The van der Waals surface area contributed by atoms with Crippen molar-refractivity contribution in [2.45, 2.75) is 51.6 Å². The number of benzene rings is 1. The van der Waals surface area contributed by atoms with E-state index in [4.69, 9.17) is 21.1 Å². The SMILES string of the molecule is CCCCCNC(CCC(=O)O)C(=O)O.Nc1nc2ncc(CNc3ccc(C(=O)O)cc3)nc2c(=O)[nH]1. The van der Waals surface area contributed by atoms with Gasteiger partial charge in [-0.2, -0.15) is 4.98 Å². The molecule has 3 rings (SSSR count). The fourth-order valence-electron chi connectivity index (χ4n) is 3.21. The topological polar surface area (TPSA) is 234 Å². The number of hydrogen-bond donors (Lipinski definition) is 7. The lowest BCUT2D eigenvalue weighted by atomic mass is 10.1. The van der Waals surface area contributed by atoms with E-state index in [-0.39, 0.29) is 35.5 Å². The lowest BCUT2D eigenvalue weighted by Gasteiger charge is -2.12. The Labute approximate surface area is 217 Å². The second-order valence-corrected chi connectivity index (χ2v) is 8.21. The minimum absolute atomic E-state index is 0.0128. The molecule has 0 saturated carbocycles. The largest absolute Gasteiger partial charge is 0.481 e. The molecule has 14 nitrogen and oxygen atoms in total. The normalized spacial score (nSPS) is 11.3. The van der Waals surface area contributed by atoms with Gasteiger partial charge in [0.15, 0.2) is 11.2 Å². The zero-order chi connectivity index (χ0) is 28.1. The van der Waals surface area contributed by atoms with Gasteiger partial charge in [0.1, 0.15) is 6.04 Å². The summed E-state index contributed by atoms with van der Waals surface area (Å²) in [5, 5.41) is 32.0. The summed E-state index contributed by atoms with van der Waals surface area (Å²) in [7, 11) is 0. The number of rotatable bonds is 13. The highest BCUT2D eigenvalue weighted by Gasteiger charge is 2.17. The molecule has 3 aromatic rings. The van der Waals surface area contributed by atoms with Crippen molar-refractivity contribution in [3.63, 3.8) is 0 Å². The number of H-pyrrole nitrogens is 1. The smallest absolute Gasteiger partial charge is 0.335 e. The molecule has 0 aliphatic rings. The quantitative estimate of drug-likeness (QED) is 0.156. The number of nitrogens with one attached hydrogen (secondary N) is 3. The number of carboxylic acids is 3. The van der Waals surface area contributed by atoms with Crippen LogP contribution >= 0.6 is 0 Å². The maximum absolute atomic E-state index is 11.8. The Kier molecular flexibility index (Phi) is 11.6. The van der Waals surface area contributed by atoms with Crippen molar-refractivity contribution in [2.75, 3.05) is 17.6 Å². The molecule has 1 aromatic carbocycles. The van der Waals surface area contributed by atoms with Gasteiger partial charge in [-0.3, -0.25) is 19.4 Å². The van der Waals surface area contributed by atoms with Crippen molar-refractivity contribution < 1.29 is 29.7 Å². The summed E-state index contributed by atoms with van der Waals surface area (Å²) in [5.41, 5.74) is 6.75. The molecule has 38 heavy (non-hydrogen) atoms. The number of nitrogen functional groups attached to an aromatic ring is 1. The van der Waals surface area contributed by atoms with Crippen LogP contribution < -0.4 is 21.9 Å². The number of carboxylic acid groups (broad SMARTS) is 3. The average molecular weight is 530 g/mol. The minimum Gasteiger partial charge on any atom is -0.481 e. The number of nitrogens with zero attached hydrogens (tertiary/aromatic N) is 3. The van der Waals surface area contributed by atoms with Crippen LogP contribution in [0.3, 0.4) is 0 Å². The Bertz CT molecular complexity index is 1300. The van der Waals surface area contributed by atoms with Crippen LogP contribution in [0.4, 0.5) is 11.6 Å². The van der Waals surface area contributed by atoms with E-state index in [0.717, 1.165) is 24.9 Å². The average Bonchev–Trinajstić information content (AvgIpc) is 2.87. The van der Waals surface area contributed by atoms with Gasteiger partial charge in [-0.05, 0) is 43.7 Å². The van der Waals surface area contributed by atoms with Crippen LogP contribution in [0.25, 0.3) is 11.2 Å². The molecule has 204 valence electrons. The number of aliphatic carboxylic acids is 2. The standard InChI is InChI=1S/C14H12N6O3.C10H19NO4/c15-14-19-11-10(12(21)20-14)18-9(6-17-11)5-16-8-3-1-7(2-4-8)13(22)23;1-2-3-4-7-11-8(10(14)15)5-6-9(12)13/h1-4,6,16H,5H2,(H,22,23)(H3,15,17,19,20,21);8,11H,2-7H2,1H3,(H,12,13)(H,14,15). The van der Waals surface area contributed by atoms with E-state index in [1.807, 2.05) is 0 Å². The number of aromatic carboxylic acids is 1. The van der Waals surface area contributed by atoms with E-state index in [2.05, 4.69) is 37.5 Å². The zero-order valence-corrected chi connectivity index (χ0v) is 20.8. The summed E-state index contributed by atoms with van der Waals surface area (Å²) in [4.78, 5) is 58.1. The second kappa shape index (κ2) is 14.8. The van der Waals surface area contributed by atoms with Crippen molar-refractivity contribution >= 4 is 40.7 Å². The number of fused-ring (bicyclic) bond motifs is 1. The van der Waals surface area contributed by atoms with Crippen molar-refractivity contribution in [1.82, 2.24) is 25.3 Å². The van der Waals surface area contributed by atoms with E-state index < -0.39 is 29.5 Å².